The molecular formula is C22H19ClN2O4S2. The van der Waals surface area contributed by atoms with Gasteiger partial charge < -0.3 is 4.42 Å². The van der Waals surface area contributed by atoms with Crippen LogP contribution in [0.1, 0.15) is 17.7 Å². The third-order valence-electron chi connectivity index (χ3n) is 4.85. The molecule has 9 heteroatoms. The molecule has 0 fully saturated rings. The van der Waals surface area contributed by atoms with E-state index in [2.05, 4.69) is 4.98 Å². The number of rotatable bonds is 7. The van der Waals surface area contributed by atoms with E-state index in [4.69, 9.17) is 16.0 Å². The standard InChI is InChI=1S/C22H19ClN2O4S2/c1-15-18(23)9-10-19-21(15)24-22(30-19)25(14-16-6-5-12-29-16)20(26)11-13-31(27,28)17-7-3-2-4-8-17/h2-10,12H,11,13-14H2,1H3. The lowest BCUT2D eigenvalue weighted by Gasteiger charge is -2.18. The largest absolute Gasteiger partial charge is 0.467 e. The molecule has 0 atom stereocenters. The Balaban J connectivity index is 1.62. The molecular weight excluding hydrogens is 456 g/mol. The number of halogens is 1. The van der Waals surface area contributed by atoms with Gasteiger partial charge in [-0.3, -0.25) is 9.69 Å². The smallest absolute Gasteiger partial charge is 0.230 e. The lowest BCUT2D eigenvalue weighted by molar-refractivity contribution is -0.118. The summed E-state index contributed by atoms with van der Waals surface area (Å²) in [4.78, 5) is 19.4. The highest BCUT2D eigenvalue weighted by molar-refractivity contribution is 7.91. The van der Waals surface area contributed by atoms with Gasteiger partial charge in [-0.1, -0.05) is 41.1 Å². The number of carbonyl (C=O) groups excluding carboxylic acids is 1. The van der Waals surface area contributed by atoms with E-state index in [-0.39, 0.29) is 29.5 Å². The maximum absolute atomic E-state index is 13.1. The van der Waals surface area contributed by atoms with E-state index < -0.39 is 9.84 Å². The molecule has 0 saturated carbocycles. The van der Waals surface area contributed by atoms with Crippen LogP contribution in [-0.4, -0.2) is 25.1 Å². The summed E-state index contributed by atoms with van der Waals surface area (Å²) in [5.74, 6) is -0.0627. The molecule has 31 heavy (non-hydrogen) atoms. The Kier molecular flexibility index (Phi) is 6.13. The molecule has 2 aromatic heterocycles. The Labute approximate surface area is 189 Å². The summed E-state index contributed by atoms with van der Waals surface area (Å²) in [5.41, 5.74) is 1.56. The fourth-order valence-corrected chi connectivity index (χ4v) is 5.57. The molecule has 0 aliphatic carbocycles. The number of hydrogen-bond acceptors (Lipinski definition) is 6. The topological polar surface area (TPSA) is 80.5 Å². The lowest BCUT2D eigenvalue weighted by Crippen LogP contribution is -2.31. The lowest BCUT2D eigenvalue weighted by atomic mass is 10.2. The van der Waals surface area contributed by atoms with Gasteiger partial charge in [-0.25, -0.2) is 13.4 Å². The molecule has 0 bridgehead atoms. The highest BCUT2D eigenvalue weighted by Crippen LogP contribution is 2.34. The van der Waals surface area contributed by atoms with Crippen molar-refractivity contribution in [3.05, 3.63) is 77.2 Å². The van der Waals surface area contributed by atoms with Crippen LogP contribution in [-0.2, 0) is 21.2 Å². The van der Waals surface area contributed by atoms with Crippen LogP contribution in [0.15, 0.2) is 70.2 Å². The van der Waals surface area contributed by atoms with E-state index in [1.807, 2.05) is 13.0 Å². The molecule has 0 radical (unpaired) electrons. The Morgan fingerprint density at radius 2 is 1.90 bits per heavy atom. The summed E-state index contributed by atoms with van der Waals surface area (Å²) in [6, 6.07) is 15.3. The van der Waals surface area contributed by atoms with Gasteiger partial charge in [0.25, 0.3) is 0 Å². The molecule has 0 aliphatic heterocycles. The zero-order chi connectivity index (χ0) is 22.0. The molecule has 0 N–H and O–H groups in total. The van der Waals surface area contributed by atoms with Gasteiger partial charge in [0.05, 0.1) is 33.7 Å². The number of carbonyl (C=O) groups is 1. The van der Waals surface area contributed by atoms with Gasteiger partial charge in [0.1, 0.15) is 5.76 Å². The second-order valence-corrected chi connectivity index (χ2v) is 10.5. The molecule has 1 amide bonds. The zero-order valence-electron chi connectivity index (χ0n) is 16.6. The Morgan fingerprint density at radius 1 is 1.13 bits per heavy atom. The first-order valence-corrected chi connectivity index (χ1v) is 12.4. The van der Waals surface area contributed by atoms with Gasteiger partial charge in [0.2, 0.25) is 5.91 Å². The number of nitrogens with zero attached hydrogens (tertiary/aromatic N) is 2. The second-order valence-electron chi connectivity index (χ2n) is 6.96. The van der Waals surface area contributed by atoms with E-state index in [1.165, 1.54) is 34.6 Å². The average Bonchev–Trinajstić information content (AvgIpc) is 3.44. The SMILES string of the molecule is Cc1c(Cl)ccc2sc(N(Cc3ccco3)C(=O)CCS(=O)(=O)c3ccccc3)nc12. The number of furan rings is 1. The average molecular weight is 475 g/mol. The van der Waals surface area contributed by atoms with Gasteiger partial charge in [-0.05, 0) is 48.9 Å². The fourth-order valence-electron chi connectivity index (χ4n) is 3.13. The number of fused-ring (bicyclic) bond motifs is 1. The zero-order valence-corrected chi connectivity index (χ0v) is 19.0. The molecule has 0 aliphatic rings. The molecule has 2 aromatic carbocycles. The quantitative estimate of drug-likeness (QED) is 0.365. The third kappa shape index (κ3) is 4.66. The molecule has 4 aromatic rings. The van der Waals surface area contributed by atoms with E-state index in [9.17, 15) is 13.2 Å². The van der Waals surface area contributed by atoms with Crippen LogP contribution >= 0.6 is 22.9 Å². The van der Waals surface area contributed by atoms with Crippen molar-refractivity contribution in [2.45, 2.75) is 24.8 Å². The van der Waals surface area contributed by atoms with Crippen LogP contribution in [0, 0.1) is 6.92 Å². The van der Waals surface area contributed by atoms with Crippen LogP contribution < -0.4 is 4.90 Å². The molecule has 6 nitrogen and oxygen atoms in total. The first-order chi connectivity index (χ1) is 14.8. The van der Waals surface area contributed by atoms with E-state index in [0.717, 1.165) is 15.8 Å². The third-order valence-corrected chi connectivity index (χ3v) is 8.03. The van der Waals surface area contributed by atoms with Crippen molar-refractivity contribution in [1.29, 1.82) is 0 Å². The Morgan fingerprint density at radius 3 is 2.61 bits per heavy atom. The predicted octanol–water partition coefficient (Wildman–Crippen LogP) is 5.25. The summed E-state index contributed by atoms with van der Waals surface area (Å²) in [6.07, 6.45) is 1.35. The van der Waals surface area contributed by atoms with Gasteiger partial charge in [0, 0.05) is 11.4 Å². The fraction of sp³-hybridized carbons (Fsp3) is 0.182. The van der Waals surface area contributed by atoms with E-state index in [1.54, 1.807) is 36.4 Å². The first-order valence-electron chi connectivity index (χ1n) is 9.51. The number of amides is 1. The predicted molar refractivity (Wildman–Crippen MR) is 122 cm³/mol. The van der Waals surface area contributed by atoms with E-state index >= 15 is 0 Å². The van der Waals surface area contributed by atoms with Gasteiger partial charge in [-0.15, -0.1) is 0 Å². The number of sulfone groups is 1. The highest BCUT2D eigenvalue weighted by Gasteiger charge is 2.24. The normalized spacial score (nSPS) is 11.7. The minimum absolute atomic E-state index is 0.157. The van der Waals surface area contributed by atoms with Crippen molar-refractivity contribution in [3.63, 3.8) is 0 Å². The van der Waals surface area contributed by atoms with E-state index in [0.29, 0.717) is 15.9 Å². The maximum Gasteiger partial charge on any atom is 0.230 e. The van der Waals surface area contributed by atoms with Gasteiger partial charge in [-0.2, -0.15) is 0 Å². The summed E-state index contributed by atoms with van der Waals surface area (Å²) >= 11 is 7.57. The second kappa shape index (κ2) is 8.82. The number of aromatic nitrogens is 1. The summed E-state index contributed by atoms with van der Waals surface area (Å²) in [5, 5.41) is 1.07. The van der Waals surface area contributed by atoms with Crippen molar-refractivity contribution in [1.82, 2.24) is 4.98 Å². The Bertz CT molecular complexity index is 1320. The summed E-state index contributed by atoms with van der Waals surface area (Å²) in [7, 11) is -3.58. The van der Waals surface area contributed by atoms with Crippen LogP contribution in [0.25, 0.3) is 10.2 Å². The molecule has 0 spiro atoms. The van der Waals surface area contributed by atoms with Crippen LogP contribution in [0.3, 0.4) is 0 Å². The molecule has 2 heterocycles. The van der Waals surface area contributed by atoms with Crippen molar-refractivity contribution in [2.24, 2.45) is 0 Å². The number of aryl methyl sites for hydroxylation is 1. The van der Waals surface area contributed by atoms with Crippen molar-refractivity contribution in [2.75, 3.05) is 10.7 Å². The molecule has 160 valence electrons. The number of anilines is 1. The maximum atomic E-state index is 13.1. The minimum atomic E-state index is -3.58. The minimum Gasteiger partial charge on any atom is -0.467 e. The van der Waals surface area contributed by atoms with Gasteiger partial charge >= 0.3 is 0 Å². The molecule has 4 rings (SSSR count). The van der Waals surface area contributed by atoms with Crippen molar-refractivity contribution in [3.8, 4) is 0 Å². The van der Waals surface area contributed by atoms with Crippen LogP contribution in [0.2, 0.25) is 5.02 Å². The highest BCUT2D eigenvalue weighted by atomic mass is 35.5. The number of thiazole rings is 1. The molecule has 0 saturated heterocycles. The summed E-state index contributed by atoms with van der Waals surface area (Å²) in [6.45, 7) is 2.03. The van der Waals surface area contributed by atoms with Crippen LogP contribution in [0.5, 0.6) is 0 Å². The van der Waals surface area contributed by atoms with Crippen molar-refractivity contribution < 1.29 is 17.6 Å². The van der Waals surface area contributed by atoms with Crippen molar-refractivity contribution >= 4 is 54.0 Å². The summed E-state index contributed by atoms with van der Waals surface area (Å²) < 4.78 is 31.5. The van der Waals surface area contributed by atoms with Crippen LogP contribution in [0.4, 0.5) is 5.13 Å². The Hall–Kier alpha value is -2.68. The van der Waals surface area contributed by atoms with Gasteiger partial charge in [0.15, 0.2) is 15.0 Å². The number of hydrogen-bond donors (Lipinski definition) is 0. The monoisotopic (exact) mass is 474 g/mol. The number of benzene rings is 2. The molecule has 0 unspecified atom stereocenters. The first kappa shape index (κ1) is 21.5.